The molecule has 2 amide bonds. The van der Waals surface area contributed by atoms with Gasteiger partial charge in [-0.1, -0.05) is 12.1 Å². The molecule has 1 aliphatic heterocycles. The summed E-state index contributed by atoms with van der Waals surface area (Å²) in [6, 6.07) is 7.48. The number of likely N-dealkylation sites (tertiary alicyclic amines) is 1. The number of hydrogen-bond donors (Lipinski definition) is 1. The Balaban J connectivity index is 1.25. The predicted molar refractivity (Wildman–Crippen MR) is 120 cm³/mol. The Morgan fingerprint density at radius 1 is 1.10 bits per heavy atom. The fraction of sp³-hybridized carbons (Fsp3) is 0.692. The van der Waals surface area contributed by atoms with Gasteiger partial charge in [0.05, 0.1) is 18.1 Å². The number of ether oxygens (including phenoxy) is 1. The molecule has 6 rings (SSSR count). The Hall–Kier alpha value is -2.04. The van der Waals surface area contributed by atoms with Gasteiger partial charge in [0, 0.05) is 6.54 Å². The van der Waals surface area contributed by atoms with E-state index in [1.165, 1.54) is 19.3 Å². The van der Waals surface area contributed by atoms with E-state index in [9.17, 15) is 9.59 Å². The Bertz CT molecular complexity index is 798. The van der Waals surface area contributed by atoms with Crippen molar-refractivity contribution < 1.29 is 14.3 Å². The Kier molecular flexibility index (Phi) is 5.47. The van der Waals surface area contributed by atoms with E-state index in [4.69, 9.17) is 4.74 Å². The maximum atomic E-state index is 13.8. The third kappa shape index (κ3) is 3.85. The van der Waals surface area contributed by atoms with Crippen molar-refractivity contribution >= 4 is 11.8 Å². The number of carbonyl (C=O) groups is 2. The lowest BCUT2D eigenvalue weighted by Gasteiger charge is -2.56. The van der Waals surface area contributed by atoms with Crippen molar-refractivity contribution in [3.63, 3.8) is 0 Å². The van der Waals surface area contributed by atoms with Crippen molar-refractivity contribution in [2.24, 2.45) is 23.2 Å². The summed E-state index contributed by atoms with van der Waals surface area (Å²) in [4.78, 5) is 29.0. The molecule has 31 heavy (non-hydrogen) atoms. The number of nitrogens with one attached hydrogen (secondary N) is 1. The monoisotopic (exact) mass is 424 g/mol. The number of hydrogen-bond acceptors (Lipinski definition) is 3. The molecule has 1 saturated heterocycles. The van der Waals surface area contributed by atoms with Crippen molar-refractivity contribution in [3.05, 3.63) is 29.8 Å². The van der Waals surface area contributed by atoms with Crippen molar-refractivity contribution in [1.82, 2.24) is 10.2 Å². The van der Waals surface area contributed by atoms with Crippen LogP contribution >= 0.6 is 0 Å². The number of carbonyl (C=O) groups excluding carboxylic acids is 2. The van der Waals surface area contributed by atoms with Crippen molar-refractivity contribution in [1.29, 1.82) is 0 Å². The quantitative estimate of drug-likeness (QED) is 0.733. The van der Waals surface area contributed by atoms with Crippen LogP contribution in [0, 0.1) is 23.2 Å². The first-order valence-corrected chi connectivity index (χ1v) is 12.3. The summed E-state index contributed by atoms with van der Waals surface area (Å²) >= 11 is 0. The van der Waals surface area contributed by atoms with Gasteiger partial charge >= 0.3 is 0 Å². The molecule has 1 aromatic carbocycles. The molecule has 0 unspecified atom stereocenters. The van der Waals surface area contributed by atoms with E-state index >= 15 is 0 Å². The fourth-order valence-corrected chi connectivity index (χ4v) is 7.37. The van der Waals surface area contributed by atoms with Crippen LogP contribution in [0.3, 0.4) is 0 Å². The molecule has 5 aliphatic rings. The highest BCUT2D eigenvalue weighted by Gasteiger charge is 2.56. The first-order chi connectivity index (χ1) is 15.0. The highest BCUT2D eigenvalue weighted by molar-refractivity contribution is 5.91. The fourth-order valence-electron chi connectivity index (χ4n) is 7.37. The van der Waals surface area contributed by atoms with E-state index in [-0.39, 0.29) is 29.3 Å². The molecule has 4 bridgehead atoms. The summed E-state index contributed by atoms with van der Waals surface area (Å²) in [6.45, 7) is 5.35. The van der Waals surface area contributed by atoms with Gasteiger partial charge in [0.15, 0.2) is 0 Å². The number of amides is 2. The van der Waals surface area contributed by atoms with Crippen LogP contribution < -0.4 is 10.1 Å². The molecule has 5 heteroatoms. The van der Waals surface area contributed by atoms with Gasteiger partial charge in [0.2, 0.25) is 11.8 Å². The summed E-state index contributed by atoms with van der Waals surface area (Å²) in [7, 11) is 0. The first kappa shape index (κ1) is 20.8. The maximum absolute atomic E-state index is 13.8. The van der Waals surface area contributed by atoms with E-state index in [2.05, 4.69) is 5.32 Å². The SMILES string of the molecule is CCOc1ccc([C@H](C)NC(=O)[C@@H]2CCCN2C(=O)C23CC4CC(CC(C4)C2)C3)cc1. The normalized spacial score (nSPS) is 34.6. The standard InChI is InChI=1S/C26H36N2O3/c1-3-31-22-8-6-21(7-9-22)17(2)27-24(29)23-5-4-10-28(23)25(30)26-14-18-11-19(15-26)13-20(12-18)16-26/h6-9,17-20,23H,3-5,10-16H2,1-2H3,(H,27,29)/t17-,18?,19?,20?,23-,26?/m0/s1. The van der Waals surface area contributed by atoms with Crippen LogP contribution in [0.15, 0.2) is 24.3 Å². The van der Waals surface area contributed by atoms with Gasteiger partial charge in [-0.05, 0) is 101 Å². The van der Waals surface area contributed by atoms with Gasteiger partial charge in [-0.3, -0.25) is 9.59 Å². The zero-order valence-corrected chi connectivity index (χ0v) is 18.9. The zero-order valence-electron chi connectivity index (χ0n) is 18.9. The Morgan fingerprint density at radius 2 is 1.71 bits per heavy atom. The lowest BCUT2D eigenvalue weighted by Crippen LogP contribution is -2.57. The van der Waals surface area contributed by atoms with Crippen LogP contribution in [-0.4, -0.2) is 35.9 Å². The van der Waals surface area contributed by atoms with Crippen molar-refractivity contribution in [3.8, 4) is 5.75 Å². The summed E-state index contributed by atoms with van der Waals surface area (Å²) in [5, 5.41) is 3.17. The lowest BCUT2D eigenvalue weighted by molar-refractivity contribution is -0.160. The molecule has 1 aromatic rings. The van der Waals surface area contributed by atoms with Crippen LogP contribution in [0.5, 0.6) is 5.75 Å². The maximum Gasteiger partial charge on any atom is 0.243 e. The van der Waals surface area contributed by atoms with Crippen LogP contribution in [-0.2, 0) is 9.59 Å². The molecule has 5 nitrogen and oxygen atoms in total. The summed E-state index contributed by atoms with van der Waals surface area (Å²) in [5.74, 6) is 3.35. The second kappa shape index (κ2) is 8.14. The van der Waals surface area contributed by atoms with E-state index in [0.717, 1.165) is 67.7 Å². The third-order valence-corrected chi connectivity index (χ3v) is 8.36. The molecule has 0 aromatic heterocycles. The van der Waals surface area contributed by atoms with E-state index in [1.807, 2.05) is 43.0 Å². The van der Waals surface area contributed by atoms with Gasteiger partial charge in [-0.25, -0.2) is 0 Å². The number of benzene rings is 1. The smallest absolute Gasteiger partial charge is 0.243 e. The van der Waals surface area contributed by atoms with E-state index < -0.39 is 0 Å². The highest BCUT2D eigenvalue weighted by atomic mass is 16.5. The van der Waals surface area contributed by atoms with Gasteiger partial charge in [-0.2, -0.15) is 0 Å². The molecule has 4 saturated carbocycles. The zero-order chi connectivity index (χ0) is 21.6. The molecule has 4 aliphatic carbocycles. The van der Waals surface area contributed by atoms with E-state index in [1.54, 1.807) is 0 Å². The molecular weight excluding hydrogens is 388 g/mol. The summed E-state index contributed by atoms with van der Waals surface area (Å²) in [6.07, 6.45) is 8.87. The van der Waals surface area contributed by atoms with Gasteiger partial charge in [-0.15, -0.1) is 0 Å². The Labute approximate surface area is 185 Å². The van der Waals surface area contributed by atoms with Crippen molar-refractivity contribution in [2.75, 3.05) is 13.2 Å². The lowest BCUT2D eigenvalue weighted by atomic mass is 9.49. The minimum Gasteiger partial charge on any atom is -0.494 e. The molecule has 1 heterocycles. The predicted octanol–water partition coefficient (Wildman–Crippen LogP) is 4.47. The molecule has 2 atom stereocenters. The number of nitrogens with zero attached hydrogens (tertiary/aromatic N) is 1. The Morgan fingerprint density at radius 3 is 2.29 bits per heavy atom. The second-order valence-corrected chi connectivity index (χ2v) is 10.6. The van der Waals surface area contributed by atoms with Crippen LogP contribution in [0.25, 0.3) is 0 Å². The average Bonchev–Trinajstić information content (AvgIpc) is 3.23. The largest absolute Gasteiger partial charge is 0.494 e. The topological polar surface area (TPSA) is 58.6 Å². The van der Waals surface area contributed by atoms with E-state index in [0.29, 0.717) is 6.61 Å². The first-order valence-electron chi connectivity index (χ1n) is 12.3. The minimum atomic E-state index is -0.314. The number of rotatable bonds is 6. The molecule has 5 fully saturated rings. The van der Waals surface area contributed by atoms with Crippen molar-refractivity contribution in [2.45, 2.75) is 77.3 Å². The summed E-state index contributed by atoms with van der Waals surface area (Å²) < 4.78 is 5.51. The third-order valence-electron chi connectivity index (χ3n) is 8.36. The molecule has 0 spiro atoms. The van der Waals surface area contributed by atoms with Gasteiger partial charge < -0.3 is 15.0 Å². The molecule has 168 valence electrons. The highest BCUT2D eigenvalue weighted by Crippen LogP contribution is 2.60. The van der Waals surface area contributed by atoms with Crippen LogP contribution in [0.1, 0.15) is 76.8 Å². The van der Waals surface area contributed by atoms with Crippen LogP contribution in [0.4, 0.5) is 0 Å². The second-order valence-electron chi connectivity index (χ2n) is 10.6. The minimum absolute atomic E-state index is 0.00281. The molecule has 1 N–H and O–H groups in total. The molecular formula is C26H36N2O3. The summed E-state index contributed by atoms with van der Waals surface area (Å²) in [5.41, 5.74) is 0.881. The average molecular weight is 425 g/mol. The van der Waals surface area contributed by atoms with Crippen LogP contribution in [0.2, 0.25) is 0 Å². The van der Waals surface area contributed by atoms with Gasteiger partial charge in [0.25, 0.3) is 0 Å². The molecule has 0 radical (unpaired) electrons. The van der Waals surface area contributed by atoms with Gasteiger partial charge in [0.1, 0.15) is 11.8 Å².